The molecule has 2 saturated heterocycles. The van der Waals surface area contributed by atoms with Gasteiger partial charge in [-0.25, -0.2) is 4.99 Å². The molecule has 8 nitrogen and oxygen atoms in total. The molecule has 1 aromatic rings. The fourth-order valence-corrected chi connectivity index (χ4v) is 4.96. The monoisotopic (exact) mass is 545 g/mol. The summed E-state index contributed by atoms with van der Waals surface area (Å²) in [5.74, 6) is 2.68. The maximum absolute atomic E-state index is 5.78. The van der Waals surface area contributed by atoms with Gasteiger partial charge in [-0.05, 0) is 45.4 Å². The second-order valence-corrected chi connectivity index (χ2v) is 9.15. The first-order valence-electron chi connectivity index (χ1n) is 11.9. The highest BCUT2D eigenvalue weighted by molar-refractivity contribution is 14.0. The molecule has 31 heavy (non-hydrogen) atoms. The van der Waals surface area contributed by atoms with Crippen LogP contribution in [0.4, 0.5) is 0 Å². The molecule has 9 heteroatoms. The van der Waals surface area contributed by atoms with Crippen molar-refractivity contribution in [1.29, 1.82) is 0 Å². The molecule has 3 heterocycles. The average molecular weight is 546 g/mol. The van der Waals surface area contributed by atoms with E-state index in [4.69, 9.17) is 9.73 Å². The summed E-state index contributed by atoms with van der Waals surface area (Å²) < 4.78 is 7.79. The molecule has 2 aliphatic heterocycles. The SMILES string of the molecule is Cc1nnc(CN=C(NCC2CCCO2)NC2CCN(C3CCCCC3)CC2)n1C.I. The first-order chi connectivity index (χ1) is 14.7. The van der Waals surface area contributed by atoms with E-state index in [1.807, 2.05) is 18.5 Å². The first-order valence-corrected chi connectivity index (χ1v) is 11.9. The standard InChI is InChI=1S/C22H39N7O.HI/c1-17-26-27-21(28(17)2)16-24-22(23-15-20-9-6-14-30-20)25-18-10-12-29(13-11-18)19-7-4-3-5-8-19;/h18-20H,3-16H2,1-2H3,(H2,23,24,25);1H. The first kappa shape index (κ1) is 24.7. The number of likely N-dealkylation sites (tertiary alicyclic amines) is 1. The van der Waals surface area contributed by atoms with Crippen molar-refractivity contribution in [3.05, 3.63) is 11.6 Å². The predicted molar refractivity (Wildman–Crippen MR) is 134 cm³/mol. The number of aryl methyl sites for hydroxylation is 1. The van der Waals surface area contributed by atoms with E-state index in [2.05, 4.69) is 25.7 Å². The van der Waals surface area contributed by atoms with Crippen LogP contribution in [0.3, 0.4) is 0 Å². The van der Waals surface area contributed by atoms with Gasteiger partial charge in [-0.3, -0.25) is 0 Å². The van der Waals surface area contributed by atoms with E-state index >= 15 is 0 Å². The van der Waals surface area contributed by atoms with Gasteiger partial charge in [0.2, 0.25) is 0 Å². The number of aliphatic imine (C=N–C) groups is 1. The molecule has 3 aliphatic rings. The van der Waals surface area contributed by atoms with Crippen molar-refractivity contribution >= 4 is 29.9 Å². The second-order valence-electron chi connectivity index (χ2n) is 9.15. The van der Waals surface area contributed by atoms with Gasteiger partial charge in [0.25, 0.3) is 0 Å². The molecule has 0 amide bonds. The van der Waals surface area contributed by atoms with Crippen LogP contribution in [0.5, 0.6) is 0 Å². The van der Waals surface area contributed by atoms with Crippen LogP contribution in [-0.2, 0) is 18.3 Å². The minimum Gasteiger partial charge on any atom is -0.376 e. The van der Waals surface area contributed by atoms with Gasteiger partial charge in [-0.1, -0.05) is 19.3 Å². The Balaban J connectivity index is 0.00000272. The van der Waals surface area contributed by atoms with E-state index in [-0.39, 0.29) is 24.0 Å². The number of aromatic nitrogens is 3. The van der Waals surface area contributed by atoms with Crippen molar-refractivity contribution in [3.63, 3.8) is 0 Å². The van der Waals surface area contributed by atoms with Gasteiger partial charge in [0.1, 0.15) is 12.4 Å². The normalized spacial score (nSPS) is 24.2. The molecule has 0 bridgehead atoms. The smallest absolute Gasteiger partial charge is 0.192 e. The third-order valence-electron chi connectivity index (χ3n) is 7.04. The fourth-order valence-electron chi connectivity index (χ4n) is 4.96. The van der Waals surface area contributed by atoms with Crippen LogP contribution in [0.2, 0.25) is 0 Å². The Kier molecular flexibility index (Phi) is 9.83. The Morgan fingerprint density at radius 1 is 1.06 bits per heavy atom. The van der Waals surface area contributed by atoms with E-state index in [9.17, 15) is 0 Å². The zero-order chi connectivity index (χ0) is 20.8. The Hall–Kier alpha value is -0.940. The number of guanidine groups is 1. The summed E-state index contributed by atoms with van der Waals surface area (Å²) in [6.07, 6.45) is 12.0. The average Bonchev–Trinajstić information content (AvgIpc) is 3.42. The Bertz CT molecular complexity index is 690. The molecule has 1 unspecified atom stereocenters. The van der Waals surface area contributed by atoms with Gasteiger partial charge in [0.15, 0.2) is 11.8 Å². The number of nitrogens with zero attached hydrogens (tertiary/aromatic N) is 5. The van der Waals surface area contributed by atoms with Crippen LogP contribution < -0.4 is 10.6 Å². The van der Waals surface area contributed by atoms with Crippen LogP contribution in [0.1, 0.15) is 69.4 Å². The number of piperidine rings is 1. The molecule has 1 aliphatic carbocycles. The van der Waals surface area contributed by atoms with Gasteiger partial charge in [0.05, 0.1) is 6.10 Å². The summed E-state index contributed by atoms with van der Waals surface area (Å²) >= 11 is 0. The molecule has 176 valence electrons. The molecular weight excluding hydrogens is 505 g/mol. The van der Waals surface area contributed by atoms with Crippen molar-refractivity contribution in [2.45, 2.75) is 89.4 Å². The zero-order valence-corrected chi connectivity index (χ0v) is 21.5. The molecule has 4 rings (SSSR count). The summed E-state index contributed by atoms with van der Waals surface area (Å²) in [5, 5.41) is 15.6. The molecule has 2 N–H and O–H groups in total. The maximum atomic E-state index is 5.78. The summed E-state index contributed by atoms with van der Waals surface area (Å²) in [4.78, 5) is 7.57. The lowest BCUT2D eigenvalue weighted by Crippen LogP contribution is -2.51. The lowest BCUT2D eigenvalue weighted by Gasteiger charge is -2.39. The van der Waals surface area contributed by atoms with Gasteiger partial charge in [-0.2, -0.15) is 0 Å². The maximum Gasteiger partial charge on any atom is 0.192 e. The highest BCUT2D eigenvalue weighted by Crippen LogP contribution is 2.25. The largest absolute Gasteiger partial charge is 0.376 e. The Labute approximate surface area is 204 Å². The quantitative estimate of drug-likeness (QED) is 0.325. The summed E-state index contributed by atoms with van der Waals surface area (Å²) in [6, 6.07) is 1.30. The Morgan fingerprint density at radius 2 is 1.84 bits per heavy atom. The zero-order valence-electron chi connectivity index (χ0n) is 19.2. The van der Waals surface area contributed by atoms with Gasteiger partial charge in [-0.15, -0.1) is 34.2 Å². The third-order valence-corrected chi connectivity index (χ3v) is 7.04. The van der Waals surface area contributed by atoms with Crippen LogP contribution in [0.25, 0.3) is 0 Å². The Morgan fingerprint density at radius 3 is 2.48 bits per heavy atom. The van der Waals surface area contributed by atoms with Crippen LogP contribution >= 0.6 is 24.0 Å². The van der Waals surface area contributed by atoms with Crippen LogP contribution in [-0.4, -0.2) is 70.1 Å². The van der Waals surface area contributed by atoms with E-state index in [1.54, 1.807) is 0 Å². The topological polar surface area (TPSA) is 79.6 Å². The fraction of sp³-hybridized carbons (Fsp3) is 0.864. The van der Waals surface area contributed by atoms with Crippen molar-refractivity contribution in [1.82, 2.24) is 30.3 Å². The number of rotatable bonds is 6. The number of ether oxygens (including phenoxy) is 1. The summed E-state index contributed by atoms with van der Waals surface area (Å²) in [6.45, 7) is 6.58. The summed E-state index contributed by atoms with van der Waals surface area (Å²) in [7, 11) is 1.99. The molecule has 0 radical (unpaired) electrons. The van der Waals surface area contributed by atoms with Crippen molar-refractivity contribution in [2.24, 2.45) is 12.0 Å². The number of hydrogen-bond acceptors (Lipinski definition) is 5. The van der Waals surface area contributed by atoms with E-state index in [0.717, 1.165) is 49.6 Å². The highest BCUT2D eigenvalue weighted by Gasteiger charge is 2.26. The van der Waals surface area contributed by atoms with E-state index in [1.165, 1.54) is 58.0 Å². The van der Waals surface area contributed by atoms with Gasteiger partial charge < -0.3 is 24.8 Å². The molecule has 0 aromatic carbocycles. The van der Waals surface area contributed by atoms with Gasteiger partial charge in [0, 0.05) is 45.4 Å². The molecule has 1 atom stereocenters. The summed E-state index contributed by atoms with van der Waals surface area (Å²) in [5.41, 5.74) is 0. The van der Waals surface area contributed by atoms with Crippen LogP contribution in [0.15, 0.2) is 4.99 Å². The number of halogens is 1. The van der Waals surface area contributed by atoms with Gasteiger partial charge >= 0.3 is 0 Å². The van der Waals surface area contributed by atoms with Crippen molar-refractivity contribution in [3.8, 4) is 0 Å². The minimum absolute atomic E-state index is 0. The number of hydrogen-bond donors (Lipinski definition) is 2. The van der Waals surface area contributed by atoms with Crippen LogP contribution in [0, 0.1) is 6.92 Å². The molecule has 1 saturated carbocycles. The molecular formula is C22H40IN7O. The lowest BCUT2D eigenvalue weighted by molar-refractivity contribution is 0.112. The number of nitrogens with one attached hydrogen (secondary N) is 2. The predicted octanol–water partition coefficient (Wildman–Crippen LogP) is 2.75. The second kappa shape index (κ2) is 12.3. The molecule has 0 spiro atoms. The third kappa shape index (κ3) is 7.02. The molecule has 3 fully saturated rings. The van der Waals surface area contributed by atoms with Crippen molar-refractivity contribution in [2.75, 3.05) is 26.2 Å². The molecule has 1 aromatic heterocycles. The lowest BCUT2D eigenvalue weighted by atomic mass is 9.92. The van der Waals surface area contributed by atoms with Crippen molar-refractivity contribution < 1.29 is 4.74 Å². The van der Waals surface area contributed by atoms with E-state index < -0.39 is 0 Å². The van der Waals surface area contributed by atoms with E-state index in [0.29, 0.717) is 18.7 Å². The highest BCUT2D eigenvalue weighted by atomic mass is 127. The minimum atomic E-state index is 0.